The van der Waals surface area contributed by atoms with Crippen molar-refractivity contribution in [3.8, 4) is 55.8 Å². The van der Waals surface area contributed by atoms with Crippen molar-refractivity contribution in [3.63, 3.8) is 0 Å². The summed E-state index contributed by atoms with van der Waals surface area (Å²) in [6.45, 7) is 0. The molecular formula is C54H40N2. The third-order valence-electron chi connectivity index (χ3n) is 12.4. The van der Waals surface area contributed by atoms with Crippen LogP contribution < -0.4 is 0 Å². The highest BCUT2D eigenvalue weighted by molar-refractivity contribution is 6.13. The van der Waals surface area contributed by atoms with E-state index in [2.05, 4.69) is 199 Å². The summed E-state index contributed by atoms with van der Waals surface area (Å²) < 4.78 is 2.17. The normalized spacial score (nSPS) is 18.3. The fraction of sp³-hybridized carbons (Fsp3) is 0.0926. The standard InChI is InChI=1S/C54H40N2/c1-5-17-38(18-6-1)48-36-55-56-52(40-19-7-2-8-20-40)51(45-26-13-14-27-46(45)53(48)56)39-31-29-37(30-32-39)41-33-34-50-47(35-41)44-25-15-16-28-49(44)54(50,42-21-9-3-10-22-42)43-23-11-4-12-24-43/h1-3,5-11,13-21,23-36,42H,4,12,22H2. The average Bonchev–Trinajstić information content (AvgIpc) is 3.86. The molecule has 56 heavy (non-hydrogen) atoms. The van der Waals surface area contributed by atoms with Crippen LogP contribution in [0.15, 0.2) is 206 Å². The number of rotatable bonds is 6. The minimum Gasteiger partial charge on any atom is -0.231 e. The first-order chi connectivity index (χ1) is 27.8. The largest absolute Gasteiger partial charge is 0.231 e. The number of aromatic nitrogens is 2. The molecule has 0 radical (unpaired) electrons. The summed E-state index contributed by atoms with van der Waals surface area (Å²) in [5, 5.41) is 7.51. The molecule has 0 saturated heterocycles. The van der Waals surface area contributed by atoms with Gasteiger partial charge in [0.25, 0.3) is 0 Å². The van der Waals surface area contributed by atoms with E-state index in [9.17, 15) is 0 Å². The molecule has 2 nitrogen and oxygen atoms in total. The Kier molecular flexibility index (Phi) is 7.70. The zero-order chi connectivity index (χ0) is 37.1. The van der Waals surface area contributed by atoms with Gasteiger partial charge in [-0.2, -0.15) is 5.10 Å². The van der Waals surface area contributed by atoms with Crippen molar-refractivity contribution in [2.75, 3.05) is 0 Å². The topological polar surface area (TPSA) is 17.3 Å². The molecule has 0 aliphatic heterocycles. The molecule has 266 valence electrons. The van der Waals surface area contributed by atoms with Crippen LogP contribution in [-0.2, 0) is 5.41 Å². The molecule has 0 amide bonds. The van der Waals surface area contributed by atoms with Crippen LogP contribution in [0.4, 0.5) is 0 Å². The first-order valence-corrected chi connectivity index (χ1v) is 19.9. The van der Waals surface area contributed by atoms with Gasteiger partial charge in [0, 0.05) is 22.1 Å². The van der Waals surface area contributed by atoms with Crippen molar-refractivity contribution in [1.82, 2.24) is 9.61 Å². The molecule has 0 fully saturated rings. The second-order valence-electron chi connectivity index (χ2n) is 15.3. The Balaban J connectivity index is 1.07. The lowest BCUT2D eigenvalue weighted by molar-refractivity contribution is 0.454. The SMILES string of the molecule is C1=CCC(C2(C3=CCCC=C3)c3ccccc3-c3cc(-c4ccc(-c5c(-c6ccccc6)n6ncc(-c7ccccc7)c6c6ccccc56)cc4)ccc32)C=C1. The zero-order valence-corrected chi connectivity index (χ0v) is 31.1. The molecule has 0 bridgehead atoms. The molecule has 0 saturated carbocycles. The maximum absolute atomic E-state index is 5.10. The molecule has 3 aliphatic rings. The van der Waals surface area contributed by atoms with Crippen LogP contribution in [0.2, 0.25) is 0 Å². The summed E-state index contributed by atoms with van der Waals surface area (Å²) in [4.78, 5) is 0. The van der Waals surface area contributed by atoms with E-state index in [1.54, 1.807) is 0 Å². The third-order valence-corrected chi connectivity index (χ3v) is 12.4. The lowest BCUT2D eigenvalue weighted by Gasteiger charge is -2.41. The molecule has 0 N–H and O–H groups in total. The Labute approximate surface area is 328 Å². The summed E-state index contributed by atoms with van der Waals surface area (Å²) in [5.41, 5.74) is 17.2. The molecule has 2 atom stereocenters. The molecule has 2 heteroatoms. The predicted molar refractivity (Wildman–Crippen MR) is 234 cm³/mol. The summed E-state index contributed by atoms with van der Waals surface area (Å²) in [6, 6.07) is 55.8. The Morgan fingerprint density at radius 2 is 1.23 bits per heavy atom. The van der Waals surface area contributed by atoms with E-state index in [-0.39, 0.29) is 5.41 Å². The van der Waals surface area contributed by atoms with E-state index in [4.69, 9.17) is 5.10 Å². The van der Waals surface area contributed by atoms with Crippen LogP contribution in [0, 0.1) is 5.92 Å². The highest BCUT2D eigenvalue weighted by Gasteiger charge is 2.49. The van der Waals surface area contributed by atoms with Crippen LogP contribution >= 0.6 is 0 Å². The van der Waals surface area contributed by atoms with Gasteiger partial charge in [-0.05, 0) is 86.7 Å². The number of hydrogen-bond donors (Lipinski definition) is 0. The van der Waals surface area contributed by atoms with E-state index >= 15 is 0 Å². The van der Waals surface area contributed by atoms with Gasteiger partial charge in [0.15, 0.2) is 0 Å². The average molecular weight is 717 g/mol. The highest BCUT2D eigenvalue weighted by Crippen LogP contribution is 2.59. The van der Waals surface area contributed by atoms with E-state index in [1.807, 2.05) is 6.20 Å². The van der Waals surface area contributed by atoms with Crippen molar-refractivity contribution in [2.45, 2.75) is 24.7 Å². The molecule has 3 aliphatic carbocycles. The molecule has 2 heterocycles. The quantitative estimate of drug-likeness (QED) is 0.167. The van der Waals surface area contributed by atoms with Crippen molar-refractivity contribution < 1.29 is 0 Å². The molecule has 2 aromatic heterocycles. The number of pyridine rings is 1. The van der Waals surface area contributed by atoms with E-state index in [0.29, 0.717) is 5.92 Å². The van der Waals surface area contributed by atoms with E-state index < -0.39 is 0 Å². The number of benzene rings is 6. The fourth-order valence-corrected chi connectivity index (χ4v) is 9.96. The van der Waals surface area contributed by atoms with Crippen molar-refractivity contribution in [2.24, 2.45) is 5.92 Å². The summed E-state index contributed by atoms with van der Waals surface area (Å²) in [7, 11) is 0. The minimum atomic E-state index is -0.215. The Hall–Kier alpha value is -6.77. The minimum absolute atomic E-state index is 0.215. The van der Waals surface area contributed by atoms with Gasteiger partial charge in [-0.15, -0.1) is 0 Å². The second kappa shape index (κ2) is 13.2. The Morgan fingerprint density at radius 3 is 2.00 bits per heavy atom. The lowest BCUT2D eigenvalue weighted by Crippen LogP contribution is -2.36. The predicted octanol–water partition coefficient (Wildman–Crippen LogP) is 13.8. The van der Waals surface area contributed by atoms with Gasteiger partial charge < -0.3 is 0 Å². The maximum atomic E-state index is 5.10. The lowest BCUT2D eigenvalue weighted by atomic mass is 9.61. The van der Waals surface area contributed by atoms with Crippen LogP contribution in [-0.4, -0.2) is 9.61 Å². The molecular weight excluding hydrogens is 677 g/mol. The number of hydrogen-bond acceptors (Lipinski definition) is 1. The van der Waals surface area contributed by atoms with Gasteiger partial charge in [0.1, 0.15) is 0 Å². The van der Waals surface area contributed by atoms with Crippen molar-refractivity contribution in [1.29, 1.82) is 0 Å². The first kappa shape index (κ1) is 32.6. The van der Waals surface area contributed by atoms with Gasteiger partial charge >= 0.3 is 0 Å². The fourth-order valence-electron chi connectivity index (χ4n) is 9.96. The Bertz CT molecular complexity index is 2920. The van der Waals surface area contributed by atoms with Gasteiger partial charge in [-0.1, -0.05) is 188 Å². The summed E-state index contributed by atoms with van der Waals surface area (Å²) >= 11 is 0. The van der Waals surface area contributed by atoms with Crippen LogP contribution in [0.3, 0.4) is 0 Å². The molecule has 0 spiro atoms. The van der Waals surface area contributed by atoms with Gasteiger partial charge in [-0.3, -0.25) is 0 Å². The molecule has 8 aromatic rings. The molecule has 2 unspecified atom stereocenters. The maximum Gasteiger partial charge on any atom is 0.0826 e. The highest BCUT2D eigenvalue weighted by atomic mass is 15.2. The Morgan fingerprint density at radius 1 is 0.536 bits per heavy atom. The van der Waals surface area contributed by atoms with Gasteiger partial charge in [0.05, 0.1) is 22.8 Å². The number of nitrogens with zero attached hydrogens (tertiary/aromatic N) is 2. The van der Waals surface area contributed by atoms with E-state index in [1.165, 1.54) is 60.9 Å². The number of allylic oxidation sites excluding steroid dienone is 8. The van der Waals surface area contributed by atoms with Crippen molar-refractivity contribution >= 4 is 16.3 Å². The van der Waals surface area contributed by atoms with Crippen molar-refractivity contribution in [3.05, 3.63) is 217 Å². The third kappa shape index (κ3) is 4.92. The second-order valence-corrected chi connectivity index (χ2v) is 15.3. The van der Waals surface area contributed by atoms with Crippen LogP contribution in [0.25, 0.3) is 72.1 Å². The molecule has 11 rings (SSSR count). The monoisotopic (exact) mass is 716 g/mol. The summed E-state index contributed by atoms with van der Waals surface area (Å²) in [6.07, 6.45) is 21.8. The van der Waals surface area contributed by atoms with Crippen LogP contribution in [0.1, 0.15) is 30.4 Å². The van der Waals surface area contributed by atoms with E-state index in [0.717, 1.165) is 47.2 Å². The number of fused-ring (bicyclic) bond motifs is 6. The van der Waals surface area contributed by atoms with Gasteiger partial charge in [0.2, 0.25) is 0 Å². The summed E-state index contributed by atoms with van der Waals surface area (Å²) in [5.74, 6) is 0.346. The smallest absolute Gasteiger partial charge is 0.0826 e. The molecule has 6 aromatic carbocycles. The van der Waals surface area contributed by atoms with Crippen LogP contribution in [0.5, 0.6) is 0 Å². The van der Waals surface area contributed by atoms with Gasteiger partial charge in [-0.25, -0.2) is 4.52 Å². The zero-order valence-electron chi connectivity index (χ0n) is 31.1. The first-order valence-electron chi connectivity index (χ1n) is 19.9.